The Bertz CT molecular complexity index is 314. The molecule has 74 valence electrons. The summed E-state index contributed by atoms with van der Waals surface area (Å²) < 4.78 is 0. The number of Topliss-reactive ketones (excluding diaryl/α,β-unsaturated/α-hetero) is 1. The number of isocyanates is 1. The summed E-state index contributed by atoms with van der Waals surface area (Å²) in [5.41, 5.74) is 1.12. The molecule has 14 heavy (non-hydrogen) atoms. The number of hydrogen-bond acceptors (Lipinski definition) is 3. The van der Waals surface area contributed by atoms with E-state index in [-0.39, 0.29) is 5.78 Å². The molecule has 0 saturated heterocycles. The molecule has 0 heterocycles. The van der Waals surface area contributed by atoms with Crippen molar-refractivity contribution < 1.29 is 9.59 Å². The lowest BCUT2D eigenvalue weighted by atomic mass is 10.1. The van der Waals surface area contributed by atoms with Gasteiger partial charge in [-0.15, -0.1) is 0 Å². The van der Waals surface area contributed by atoms with Gasteiger partial charge in [-0.3, -0.25) is 4.79 Å². The van der Waals surface area contributed by atoms with Gasteiger partial charge in [-0.2, -0.15) is 4.99 Å². The van der Waals surface area contributed by atoms with Gasteiger partial charge in [0.1, 0.15) is 0 Å². The van der Waals surface area contributed by atoms with Crippen molar-refractivity contribution in [3.05, 3.63) is 29.8 Å². The average molecular weight is 191 g/mol. The number of hydrogen-bond donors (Lipinski definition) is 0. The summed E-state index contributed by atoms with van der Waals surface area (Å²) >= 11 is 0. The summed E-state index contributed by atoms with van der Waals surface area (Å²) in [6.07, 6.45) is 1.42. The van der Waals surface area contributed by atoms with Crippen LogP contribution in [-0.2, 0) is 4.79 Å². The lowest BCUT2D eigenvalue weighted by Gasteiger charge is -1.93. The molecule has 0 aliphatic heterocycles. The average Bonchev–Trinajstić information content (AvgIpc) is 2.22. The number of rotatable bonds is 2. The van der Waals surface area contributed by atoms with Crippen LogP contribution in [0.4, 0.5) is 5.69 Å². The molecular weight excluding hydrogens is 178 g/mol. The van der Waals surface area contributed by atoms with Gasteiger partial charge in [0.2, 0.25) is 6.08 Å². The van der Waals surface area contributed by atoms with Crippen molar-refractivity contribution in [3.63, 3.8) is 0 Å². The number of benzene rings is 1. The highest BCUT2D eigenvalue weighted by Gasteiger charge is 1.96. The Labute approximate surface area is 83.5 Å². The zero-order chi connectivity index (χ0) is 11.0. The Balaban J connectivity index is 0.000000791. The van der Waals surface area contributed by atoms with Gasteiger partial charge in [0.15, 0.2) is 5.78 Å². The molecule has 0 aromatic heterocycles. The molecule has 0 bridgehead atoms. The highest BCUT2D eigenvalue weighted by atomic mass is 16.1. The van der Waals surface area contributed by atoms with E-state index in [1.165, 1.54) is 13.0 Å². The van der Waals surface area contributed by atoms with Gasteiger partial charge in [0.05, 0.1) is 5.69 Å². The highest BCUT2D eigenvalue weighted by Crippen LogP contribution is 2.11. The predicted octanol–water partition coefficient (Wildman–Crippen LogP) is 2.88. The van der Waals surface area contributed by atoms with Gasteiger partial charge < -0.3 is 0 Å². The van der Waals surface area contributed by atoms with Crippen LogP contribution in [0.25, 0.3) is 0 Å². The minimum Gasteiger partial charge on any atom is -0.295 e. The van der Waals surface area contributed by atoms with Crippen molar-refractivity contribution in [2.45, 2.75) is 20.8 Å². The Hall–Kier alpha value is -1.73. The fraction of sp³-hybridized carbons (Fsp3) is 0.273. The molecule has 0 unspecified atom stereocenters. The molecule has 1 rings (SSSR count). The maximum Gasteiger partial charge on any atom is 0.240 e. The molecule has 1 aromatic carbocycles. The van der Waals surface area contributed by atoms with Crippen molar-refractivity contribution >= 4 is 17.6 Å². The standard InChI is InChI=1S/C9H7NO2.C2H6/c1-7(12)8-2-4-9(5-3-8)10-6-11;1-2/h2-5H,1H3;1-2H3. The van der Waals surface area contributed by atoms with Crippen LogP contribution in [0, 0.1) is 0 Å². The third kappa shape index (κ3) is 3.78. The zero-order valence-corrected chi connectivity index (χ0v) is 8.57. The Morgan fingerprint density at radius 1 is 1.21 bits per heavy atom. The Morgan fingerprint density at radius 2 is 1.71 bits per heavy atom. The third-order valence-corrected chi connectivity index (χ3v) is 1.45. The van der Waals surface area contributed by atoms with E-state index >= 15 is 0 Å². The van der Waals surface area contributed by atoms with E-state index in [0.29, 0.717) is 11.3 Å². The van der Waals surface area contributed by atoms with E-state index < -0.39 is 0 Å². The van der Waals surface area contributed by atoms with Crippen molar-refractivity contribution in [1.29, 1.82) is 0 Å². The van der Waals surface area contributed by atoms with Crippen LogP contribution in [-0.4, -0.2) is 11.9 Å². The first-order valence-corrected chi connectivity index (χ1v) is 4.43. The van der Waals surface area contributed by atoms with E-state index in [4.69, 9.17) is 0 Å². The smallest absolute Gasteiger partial charge is 0.240 e. The van der Waals surface area contributed by atoms with E-state index in [9.17, 15) is 9.59 Å². The second-order valence-corrected chi connectivity index (χ2v) is 2.31. The fourth-order valence-corrected chi connectivity index (χ4v) is 0.823. The van der Waals surface area contributed by atoms with Crippen LogP contribution >= 0.6 is 0 Å². The van der Waals surface area contributed by atoms with Gasteiger partial charge in [-0.05, 0) is 31.2 Å². The van der Waals surface area contributed by atoms with Gasteiger partial charge >= 0.3 is 0 Å². The number of carbonyl (C=O) groups is 1. The molecule has 0 N–H and O–H groups in total. The Kier molecular flexibility index (Phi) is 5.92. The fourth-order valence-electron chi connectivity index (χ4n) is 0.823. The van der Waals surface area contributed by atoms with E-state index in [2.05, 4.69) is 4.99 Å². The van der Waals surface area contributed by atoms with Crippen LogP contribution in [0.15, 0.2) is 29.3 Å². The maximum absolute atomic E-state index is 10.8. The van der Waals surface area contributed by atoms with Gasteiger partial charge in [0.25, 0.3) is 0 Å². The number of aliphatic imine (C=N–C) groups is 1. The molecule has 0 amide bonds. The molecule has 0 aliphatic carbocycles. The van der Waals surface area contributed by atoms with E-state index in [1.807, 2.05) is 13.8 Å². The SMILES string of the molecule is CC.CC(=O)c1ccc(N=C=O)cc1. The third-order valence-electron chi connectivity index (χ3n) is 1.45. The lowest BCUT2D eigenvalue weighted by Crippen LogP contribution is -1.89. The van der Waals surface area contributed by atoms with Crippen LogP contribution in [0.3, 0.4) is 0 Å². The summed E-state index contributed by atoms with van der Waals surface area (Å²) in [6, 6.07) is 6.44. The van der Waals surface area contributed by atoms with Gasteiger partial charge in [-0.25, -0.2) is 4.79 Å². The van der Waals surface area contributed by atoms with Gasteiger partial charge in [-0.1, -0.05) is 13.8 Å². The van der Waals surface area contributed by atoms with E-state index in [1.54, 1.807) is 24.3 Å². The molecule has 3 heteroatoms. The molecule has 0 fully saturated rings. The largest absolute Gasteiger partial charge is 0.295 e. The second-order valence-electron chi connectivity index (χ2n) is 2.31. The first-order chi connectivity index (χ1) is 6.74. The first kappa shape index (κ1) is 12.3. The molecule has 0 aliphatic rings. The topological polar surface area (TPSA) is 46.5 Å². The molecular formula is C11H13NO2. The monoisotopic (exact) mass is 191 g/mol. The summed E-state index contributed by atoms with van der Waals surface area (Å²) in [7, 11) is 0. The normalized spacial score (nSPS) is 7.93. The first-order valence-electron chi connectivity index (χ1n) is 4.43. The molecule has 1 aromatic rings. The van der Waals surface area contributed by atoms with Crippen LogP contribution < -0.4 is 0 Å². The maximum atomic E-state index is 10.8. The summed E-state index contributed by atoms with van der Waals surface area (Å²) in [5.74, 6) is -0.00312. The zero-order valence-electron chi connectivity index (χ0n) is 8.57. The minimum absolute atomic E-state index is 0.00312. The van der Waals surface area contributed by atoms with Crippen LogP contribution in [0.5, 0.6) is 0 Å². The summed E-state index contributed by atoms with van der Waals surface area (Å²) in [4.78, 5) is 24.0. The predicted molar refractivity (Wildman–Crippen MR) is 55.6 cm³/mol. The number of nitrogens with zero attached hydrogens (tertiary/aromatic N) is 1. The highest BCUT2D eigenvalue weighted by molar-refractivity contribution is 5.94. The van der Waals surface area contributed by atoms with Crippen LogP contribution in [0.1, 0.15) is 31.1 Å². The van der Waals surface area contributed by atoms with Crippen molar-refractivity contribution in [2.24, 2.45) is 4.99 Å². The summed E-state index contributed by atoms with van der Waals surface area (Å²) in [6.45, 7) is 5.48. The molecule has 0 radical (unpaired) electrons. The second kappa shape index (κ2) is 6.75. The van der Waals surface area contributed by atoms with Crippen molar-refractivity contribution in [1.82, 2.24) is 0 Å². The van der Waals surface area contributed by atoms with Crippen molar-refractivity contribution in [3.8, 4) is 0 Å². The quantitative estimate of drug-likeness (QED) is 0.410. The lowest BCUT2D eigenvalue weighted by molar-refractivity contribution is 0.101. The van der Waals surface area contributed by atoms with Crippen molar-refractivity contribution in [2.75, 3.05) is 0 Å². The van der Waals surface area contributed by atoms with Gasteiger partial charge in [0, 0.05) is 5.56 Å². The van der Waals surface area contributed by atoms with Crippen LogP contribution in [0.2, 0.25) is 0 Å². The molecule has 0 saturated carbocycles. The minimum atomic E-state index is -0.00312. The number of ketones is 1. The number of carbonyl (C=O) groups excluding carboxylic acids is 2. The Morgan fingerprint density at radius 3 is 2.07 bits per heavy atom. The molecule has 0 spiro atoms. The van der Waals surface area contributed by atoms with E-state index in [0.717, 1.165) is 0 Å². The summed E-state index contributed by atoms with van der Waals surface area (Å²) in [5, 5.41) is 0. The molecule has 0 atom stereocenters. The molecule has 3 nitrogen and oxygen atoms in total.